The summed E-state index contributed by atoms with van der Waals surface area (Å²) in [6.45, 7) is 0. The molecule has 5 heteroatoms. The maximum absolute atomic E-state index is 6.94. The van der Waals surface area contributed by atoms with Gasteiger partial charge in [-0.2, -0.15) is 0 Å². The molecule has 62 heavy (non-hydrogen) atoms. The fourth-order valence-electron chi connectivity index (χ4n) is 9.41. The van der Waals surface area contributed by atoms with E-state index in [4.69, 9.17) is 19.7 Å². The van der Waals surface area contributed by atoms with E-state index in [2.05, 4.69) is 169 Å². The van der Waals surface area contributed by atoms with E-state index < -0.39 is 5.41 Å². The van der Waals surface area contributed by atoms with Gasteiger partial charge in [-0.3, -0.25) is 4.98 Å². The van der Waals surface area contributed by atoms with Gasteiger partial charge < -0.3 is 4.74 Å². The average molecular weight is 793 g/mol. The van der Waals surface area contributed by atoms with Crippen LogP contribution < -0.4 is 4.74 Å². The van der Waals surface area contributed by atoms with Crippen LogP contribution in [-0.4, -0.2) is 19.9 Å². The predicted octanol–water partition coefficient (Wildman–Crippen LogP) is 13.7. The number of benzene rings is 8. The molecule has 3 heterocycles. The second-order valence-corrected chi connectivity index (χ2v) is 15.8. The number of pyridine rings is 1. The molecule has 12 rings (SSSR count). The van der Waals surface area contributed by atoms with Crippen LogP contribution in [0.4, 0.5) is 0 Å². The zero-order valence-corrected chi connectivity index (χ0v) is 33.5. The molecule has 5 nitrogen and oxygen atoms in total. The quantitative estimate of drug-likeness (QED) is 0.168. The second-order valence-electron chi connectivity index (χ2n) is 15.8. The number of nitrogens with zero attached hydrogens (tertiary/aromatic N) is 4. The molecule has 10 aromatic rings. The highest BCUT2D eigenvalue weighted by Gasteiger charge is 2.51. The third-order valence-corrected chi connectivity index (χ3v) is 12.3. The normalized spacial score (nSPS) is 12.8. The Morgan fingerprint density at radius 1 is 0.306 bits per heavy atom. The predicted molar refractivity (Wildman–Crippen MR) is 248 cm³/mol. The van der Waals surface area contributed by atoms with Crippen molar-refractivity contribution in [2.45, 2.75) is 5.41 Å². The van der Waals surface area contributed by atoms with Crippen LogP contribution in [0.1, 0.15) is 22.3 Å². The minimum absolute atomic E-state index is 0.587. The topological polar surface area (TPSA) is 60.8 Å². The largest absolute Gasteiger partial charge is 0.457 e. The van der Waals surface area contributed by atoms with Crippen molar-refractivity contribution < 1.29 is 4.74 Å². The number of fused-ring (bicyclic) bond motifs is 9. The first-order valence-electron chi connectivity index (χ1n) is 20.9. The minimum Gasteiger partial charge on any atom is -0.457 e. The van der Waals surface area contributed by atoms with Crippen molar-refractivity contribution in [1.82, 2.24) is 19.9 Å². The van der Waals surface area contributed by atoms with E-state index in [9.17, 15) is 0 Å². The van der Waals surface area contributed by atoms with E-state index in [1.807, 2.05) is 54.7 Å². The highest BCUT2D eigenvalue weighted by Crippen LogP contribution is 2.62. The molecule has 1 aliphatic carbocycles. The van der Waals surface area contributed by atoms with Crippen LogP contribution in [0.15, 0.2) is 219 Å². The van der Waals surface area contributed by atoms with Gasteiger partial charge in [-0.25, -0.2) is 15.0 Å². The van der Waals surface area contributed by atoms with Gasteiger partial charge in [0.25, 0.3) is 0 Å². The lowest BCUT2D eigenvalue weighted by molar-refractivity contribution is 0.436. The van der Waals surface area contributed by atoms with Gasteiger partial charge in [-0.15, -0.1) is 0 Å². The molecule has 0 atom stereocenters. The Bertz CT molecular complexity index is 3270. The maximum Gasteiger partial charge on any atom is 0.164 e. The van der Waals surface area contributed by atoms with Crippen molar-refractivity contribution in [3.63, 3.8) is 0 Å². The summed E-state index contributed by atoms with van der Waals surface area (Å²) in [4.78, 5) is 20.1. The molecular weight excluding hydrogens is 757 g/mol. The molecule has 0 N–H and O–H groups in total. The molecule has 0 radical (unpaired) electrons. The molecule has 0 fully saturated rings. The van der Waals surface area contributed by atoms with Crippen molar-refractivity contribution in [2.24, 2.45) is 0 Å². The lowest BCUT2D eigenvalue weighted by Crippen LogP contribution is -2.32. The third kappa shape index (κ3) is 5.78. The number of aromatic nitrogens is 4. The van der Waals surface area contributed by atoms with Crippen molar-refractivity contribution in [2.75, 3.05) is 0 Å². The van der Waals surface area contributed by atoms with E-state index in [0.717, 1.165) is 72.8 Å². The number of hydrogen-bond acceptors (Lipinski definition) is 5. The summed E-state index contributed by atoms with van der Waals surface area (Å²) in [7, 11) is 0. The Labute approximate surface area is 359 Å². The fourth-order valence-corrected chi connectivity index (χ4v) is 9.41. The van der Waals surface area contributed by atoms with Gasteiger partial charge in [0, 0.05) is 39.6 Å². The smallest absolute Gasteiger partial charge is 0.164 e. The molecule has 1 spiro atoms. The van der Waals surface area contributed by atoms with Crippen LogP contribution in [-0.2, 0) is 5.41 Å². The zero-order valence-electron chi connectivity index (χ0n) is 33.5. The summed E-state index contributed by atoms with van der Waals surface area (Å²) >= 11 is 0. The van der Waals surface area contributed by atoms with Gasteiger partial charge in [0.1, 0.15) is 11.5 Å². The minimum atomic E-state index is -0.702. The van der Waals surface area contributed by atoms with E-state index in [-0.39, 0.29) is 0 Å². The molecule has 1 aliphatic heterocycles. The summed E-state index contributed by atoms with van der Waals surface area (Å²) in [6.07, 6.45) is 1.84. The van der Waals surface area contributed by atoms with Crippen LogP contribution in [0, 0.1) is 0 Å². The second kappa shape index (κ2) is 14.5. The Balaban J connectivity index is 1.06. The maximum atomic E-state index is 6.94. The van der Waals surface area contributed by atoms with Gasteiger partial charge in [0.15, 0.2) is 17.5 Å². The van der Waals surface area contributed by atoms with Crippen molar-refractivity contribution in [1.29, 1.82) is 0 Å². The Morgan fingerprint density at radius 3 is 1.40 bits per heavy atom. The standard InChI is InChI=1S/C57H36N4O/c1-3-14-37(15-4-1)38-25-27-40(28-26-38)55-59-54(39-16-5-2-6-17-39)60-56(61-55)44-30-32-53-50(36-44)57(47-22-9-7-20-45(47)46-21-8-10-23-48(46)57)49-35-42(29-31-52(49)62-53)41-18-13-19-43(34-41)51-24-11-12-33-58-51/h1-36H. The van der Waals surface area contributed by atoms with E-state index in [0.29, 0.717) is 17.5 Å². The van der Waals surface area contributed by atoms with E-state index in [1.54, 1.807) is 0 Å². The van der Waals surface area contributed by atoms with Crippen molar-refractivity contribution in [3.8, 4) is 90.3 Å². The molecule has 0 bridgehead atoms. The first-order valence-corrected chi connectivity index (χ1v) is 20.9. The van der Waals surface area contributed by atoms with Crippen LogP contribution in [0.2, 0.25) is 0 Å². The molecule has 0 unspecified atom stereocenters. The van der Waals surface area contributed by atoms with Crippen molar-refractivity contribution in [3.05, 3.63) is 241 Å². The first kappa shape index (κ1) is 35.6. The van der Waals surface area contributed by atoms with Crippen LogP contribution >= 0.6 is 0 Å². The van der Waals surface area contributed by atoms with Gasteiger partial charge in [-0.1, -0.05) is 164 Å². The number of hydrogen-bond donors (Lipinski definition) is 0. The summed E-state index contributed by atoms with van der Waals surface area (Å²) in [5, 5.41) is 0. The van der Waals surface area contributed by atoms with Crippen LogP contribution in [0.25, 0.3) is 78.8 Å². The molecule has 8 aromatic carbocycles. The van der Waals surface area contributed by atoms with Crippen molar-refractivity contribution >= 4 is 0 Å². The first-order chi connectivity index (χ1) is 30.7. The highest BCUT2D eigenvalue weighted by molar-refractivity contribution is 5.90. The van der Waals surface area contributed by atoms with Gasteiger partial charge >= 0.3 is 0 Å². The van der Waals surface area contributed by atoms with Crippen LogP contribution in [0.5, 0.6) is 11.5 Å². The molecule has 290 valence electrons. The molecule has 0 amide bonds. The molecule has 0 saturated heterocycles. The van der Waals surface area contributed by atoms with Crippen LogP contribution in [0.3, 0.4) is 0 Å². The van der Waals surface area contributed by atoms with Gasteiger partial charge in [0.2, 0.25) is 0 Å². The fraction of sp³-hybridized carbons (Fsp3) is 0.0175. The monoisotopic (exact) mass is 792 g/mol. The Morgan fingerprint density at radius 2 is 0.758 bits per heavy atom. The number of ether oxygens (including phenoxy) is 1. The summed E-state index contributed by atoms with van der Waals surface area (Å²) < 4.78 is 6.94. The molecular formula is C57H36N4O. The summed E-state index contributed by atoms with van der Waals surface area (Å²) in [5.74, 6) is 3.43. The Hall–Kier alpha value is -8.28. The van der Waals surface area contributed by atoms with Gasteiger partial charge in [0.05, 0.1) is 11.1 Å². The molecule has 2 aliphatic rings. The Kier molecular flexibility index (Phi) is 8.32. The van der Waals surface area contributed by atoms with Gasteiger partial charge in [-0.05, 0) is 93.0 Å². The van der Waals surface area contributed by atoms with E-state index in [1.165, 1.54) is 22.3 Å². The van der Waals surface area contributed by atoms with E-state index >= 15 is 0 Å². The molecule has 0 saturated carbocycles. The lowest BCUT2D eigenvalue weighted by Gasteiger charge is -2.40. The average Bonchev–Trinajstić information content (AvgIpc) is 3.65. The zero-order chi connectivity index (χ0) is 41.0. The summed E-state index contributed by atoms with van der Waals surface area (Å²) in [5.41, 5.74) is 15.5. The SMILES string of the molecule is c1ccc(-c2ccc(-c3nc(-c4ccccc4)nc(-c4ccc5c(c4)C4(c6cc(-c7cccc(-c8ccccn8)c7)ccc6O5)c5ccccc5-c5ccccc54)n3)cc2)cc1. The third-order valence-electron chi connectivity index (χ3n) is 12.3. The highest BCUT2D eigenvalue weighted by atomic mass is 16.5. The summed E-state index contributed by atoms with van der Waals surface area (Å²) in [6, 6.07) is 74.3. The molecule has 2 aromatic heterocycles. The number of rotatable bonds is 6. The lowest BCUT2D eigenvalue weighted by atomic mass is 9.65.